The molecule has 1 heterocycles. The number of hydrogen-bond acceptors (Lipinski definition) is 1. The number of aromatic nitrogens is 1. The number of carboxylic acids is 1. The molecule has 2 rings (SSSR count). The van der Waals surface area contributed by atoms with Crippen LogP contribution in [0.3, 0.4) is 0 Å². The summed E-state index contributed by atoms with van der Waals surface area (Å²) in [4.78, 5) is 14.5. The Hall–Kier alpha value is -1.77. The van der Waals surface area contributed by atoms with Gasteiger partial charge in [-0.15, -0.1) is 0 Å². The number of rotatable bonds is 3. The molecule has 3 nitrogen and oxygen atoms in total. The zero-order valence-electron chi connectivity index (χ0n) is 12.2. The summed E-state index contributed by atoms with van der Waals surface area (Å²) in [5.41, 5.74) is 5.34. The number of aromatic amines is 1. The van der Waals surface area contributed by atoms with Crippen LogP contribution in [0, 0.1) is 20.8 Å². The number of fused-ring (bicyclic) bond motifs is 1. The van der Waals surface area contributed by atoms with Gasteiger partial charge in [0.2, 0.25) is 0 Å². The Bertz CT molecular complexity index is 650. The number of nitrogens with one attached hydrogen (secondary N) is 1. The van der Waals surface area contributed by atoms with Gasteiger partial charge in [-0.1, -0.05) is 25.5 Å². The molecular formula is C16H21NO2. The van der Waals surface area contributed by atoms with Crippen LogP contribution in [0.2, 0.25) is 0 Å². The molecule has 3 heteroatoms. The van der Waals surface area contributed by atoms with Gasteiger partial charge >= 0.3 is 5.97 Å². The van der Waals surface area contributed by atoms with Crippen LogP contribution in [0.25, 0.3) is 10.9 Å². The number of H-pyrrole nitrogens is 1. The van der Waals surface area contributed by atoms with Crippen molar-refractivity contribution in [2.75, 3.05) is 0 Å². The maximum atomic E-state index is 11.1. The molecule has 0 atom stereocenters. The van der Waals surface area contributed by atoms with Crippen molar-refractivity contribution in [2.45, 2.75) is 46.5 Å². The molecule has 1 aromatic carbocycles. The highest BCUT2D eigenvalue weighted by Crippen LogP contribution is 2.37. The van der Waals surface area contributed by atoms with E-state index in [0.29, 0.717) is 0 Å². The minimum atomic E-state index is -0.761. The standard InChI is InChI=1S/C16H21NO2/c1-9-6-10(2)15-12(7-9)14(11(3)17-15)16(4,5)8-13(18)19/h6-7,17H,8H2,1-5H3,(H,18,19). The van der Waals surface area contributed by atoms with E-state index in [9.17, 15) is 4.79 Å². The summed E-state index contributed by atoms with van der Waals surface area (Å²) in [5.74, 6) is -0.761. The third-order valence-corrected chi connectivity index (χ3v) is 3.71. The van der Waals surface area contributed by atoms with Crippen LogP contribution in [0.15, 0.2) is 12.1 Å². The first-order valence-corrected chi connectivity index (χ1v) is 6.54. The van der Waals surface area contributed by atoms with E-state index >= 15 is 0 Å². The van der Waals surface area contributed by atoms with Gasteiger partial charge in [0, 0.05) is 22.0 Å². The summed E-state index contributed by atoms with van der Waals surface area (Å²) in [6, 6.07) is 4.29. The summed E-state index contributed by atoms with van der Waals surface area (Å²) in [6.45, 7) is 10.2. The van der Waals surface area contributed by atoms with Crippen molar-refractivity contribution in [2.24, 2.45) is 0 Å². The molecular weight excluding hydrogens is 238 g/mol. The predicted molar refractivity (Wildman–Crippen MR) is 77.8 cm³/mol. The molecule has 0 amide bonds. The van der Waals surface area contributed by atoms with Gasteiger partial charge in [-0.2, -0.15) is 0 Å². The van der Waals surface area contributed by atoms with Gasteiger partial charge in [-0.3, -0.25) is 4.79 Å². The topological polar surface area (TPSA) is 53.1 Å². The second-order valence-electron chi connectivity index (χ2n) is 6.08. The van der Waals surface area contributed by atoms with Gasteiger partial charge in [-0.05, 0) is 38.0 Å². The van der Waals surface area contributed by atoms with Crippen molar-refractivity contribution in [1.82, 2.24) is 4.98 Å². The van der Waals surface area contributed by atoms with Crippen molar-refractivity contribution >= 4 is 16.9 Å². The smallest absolute Gasteiger partial charge is 0.304 e. The maximum Gasteiger partial charge on any atom is 0.304 e. The number of aryl methyl sites for hydroxylation is 3. The van der Waals surface area contributed by atoms with Crippen LogP contribution in [-0.4, -0.2) is 16.1 Å². The Kier molecular flexibility index (Phi) is 3.17. The van der Waals surface area contributed by atoms with Gasteiger partial charge in [0.15, 0.2) is 0 Å². The zero-order valence-corrected chi connectivity index (χ0v) is 12.2. The lowest BCUT2D eigenvalue weighted by atomic mass is 9.79. The average Bonchev–Trinajstić information content (AvgIpc) is 2.53. The lowest BCUT2D eigenvalue weighted by molar-refractivity contribution is -0.138. The van der Waals surface area contributed by atoms with Crippen LogP contribution < -0.4 is 0 Å². The molecule has 2 aromatic rings. The maximum absolute atomic E-state index is 11.1. The first-order valence-electron chi connectivity index (χ1n) is 6.54. The molecule has 2 N–H and O–H groups in total. The minimum absolute atomic E-state index is 0.133. The molecule has 0 spiro atoms. The van der Waals surface area contributed by atoms with E-state index in [2.05, 4.69) is 31.0 Å². The lowest BCUT2D eigenvalue weighted by Crippen LogP contribution is -2.22. The third kappa shape index (κ3) is 2.37. The highest BCUT2D eigenvalue weighted by molar-refractivity contribution is 5.89. The lowest BCUT2D eigenvalue weighted by Gasteiger charge is -2.23. The summed E-state index contributed by atoms with van der Waals surface area (Å²) in [5, 5.41) is 10.3. The fourth-order valence-electron chi connectivity index (χ4n) is 3.12. The highest BCUT2D eigenvalue weighted by atomic mass is 16.4. The molecule has 0 saturated carbocycles. The summed E-state index contributed by atoms with van der Waals surface area (Å²) < 4.78 is 0. The van der Waals surface area contributed by atoms with E-state index in [4.69, 9.17) is 5.11 Å². The summed E-state index contributed by atoms with van der Waals surface area (Å²) in [6.07, 6.45) is 0.133. The normalized spacial score (nSPS) is 12.1. The predicted octanol–water partition coefficient (Wildman–Crippen LogP) is 3.85. The molecule has 0 saturated heterocycles. The quantitative estimate of drug-likeness (QED) is 0.879. The molecule has 1 aromatic heterocycles. The van der Waals surface area contributed by atoms with Crippen LogP contribution in [-0.2, 0) is 10.2 Å². The molecule has 0 bridgehead atoms. The molecule has 0 radical (unpaired) electrons. The number of carbonyl (C=O) groups is 1. The monoisotopic (exact) mass is 259 g/mol. The van der Waals surface area contributed by atoms with E-state index in [-0.39, 0.29) is 11.8 Å². The highest BCUT2D eigenvalue weighted by Gasteiger charge is 2.29. The first kappa shape index (κ1) is 13.7. The summed E-state index contributed by atoms with van der Waals surface area (Å²) in [7, 11) is 0. The second kappa shape index (κ2) is 4.41. The van der Waals surface area contributed by atoms with Crippen molar-refractivity contribution in [3.05, 3.63) is 34.5 Å². The van der Waals surface area contributed by atoms with Crippen molar-refractivity contribution in [3.8, 4) is 0 Å². The fourth-order valence-corrected chi connectivity index (χ4v) is 3.12. The second-order valence-corrected chi connectivity index (χ2v) is 6.08. The van der Waals surface area contributed by atoms with E-state index in [1.807, 2.05) is 20.8 Å². The van der Waals surface area contributed by atoms with Crippen LogP contribution in [0.5, 0.6) is 0 Å². The van der Waals surface area contributed by atoms with Crippen LogP contribution in [0.4, 0.5) is 0 Å². The molecule has 0 aliphatic carbocycles. The van der Waals surface area contributed by atoms with Crippen molar-refractivity contribution < 1.29 is 9.90 Å². The van der Waals surface area contributed by atoms with E-state index < -0.39 is 5.97 Å². The molecule has 0 aliphatic heterocycles. The molecule has 0 aliphatic rings. The SMILES string of the molecule is Cc1cc(C)c2[nH]c(C)c(C(C)(C)CC(=O)O)c2c1. The number of carboxylic acid groups (broad SMARTS) is 1. The third-order valence-electron chi connectivity index (χ3n) is 3.71. The van der Waals surface area contributed by atoms with Crippen LogP contribution in [0.1, 0.15) is 42.7 Å². The minimum Gasteiger partial charge on any atom is -0.481 e. The van der Waals surface area contributed by atoms with Gasteiger partial charge in [-0.25, -0.2) is 0 Å². The number of hydrogen-bond donors (Lipinski definition) is 2. The average molecular weight is 259 g/mol. The summed E-state index contributed by atoms with van der Waals surface area (Å²) >= 11 is 0. The Morgan fingerprint density at radius 2 is 1.89 bits per heavy atom. The largest absolute Gasteiger partial charge is 0.481 e. The Labute approximate surface area is 113 Å². The Morgan fingerprint density at radius 1 is 1.26 bits per heavy atom. The van der Waals surface area contributed by atoms with Gasteiger partial charge in [0.25, 0.3) is 0 Å². The van der Waals surface area contributed by atoms with Crippen molar-refractivity contribution in [1.29, 1.82) is 0 Å². The molecule has 102 valence electrons. The Balaban J connectivity index is 2.73. The number of aliphatic carboxylic acids is 1. The van der Waals surface area contributed by atoms with E-state index in [1.165, 1.54) is 11.1 Å². The van der Waals surface area contributed by atoms with Crippen LogP contribution >= 0.6 is 0 Å². The van der Waals surface area contributed by atoms with E-state index in [1.54, 1.807) is 0 Å². The number of benzene rings is 1. The first-order chi connectivity index (χ1) is 8.72. The molecule has 0 unspecified atom stereocenters. The zero-order chi connectivity index (χ0) is 14.4. The van der Waals surface area contributed by atoms with Gasteiger partial charge < -0.3 is 10.1 Å². The molecule has 0 fully saturated rings. The van der Waals surface area contributed by atoms with Gasteiger partial charge in [0.05, 0.1) is 6.42 Å². The fraction of sp³-hybridized carbons (Fsp3) is 0.438. The van der Waals surface area contributed by atoms with E-state index in [0.717, 1.165) is 22.2 Å². The van der Waals surface area contributed by atoms with Crippen molar-refractivity contribution in [3.63, 3.8) is 0 Å². The Morgan fingerprint density at radius 3 is 2.47 bits per heavy atom. The van der Waals surface area contributed by atoms with Gasteiger partial charge in [0.1, 0.15) is 0 Å². The molecule has 19 heavy (non-hydrogen) atoms.